The molecule has 1 aromatic rings. The summed E-state index contributed by atoms with van der Waals surface area (Å²) in [5.41, 5.74) is 2.74. The quantitative estimate of drug-likeness (QED) is 0.823. The van der Waals surface area contributed by atoms with E-state index in [4.69, 9.17) is 12.2 Å². The molecule has 104 valence electrons. The minimum Gasteiger partial charge on any atom is -0.360 e. The molecule has 1 aromatic carbocycles. The first kappa shape index (κ1) is 14.3. The zero-order valence-corrected chi connectivity index (χ0v) is 12.6. The Morgan fingerprint density at radius 1 is 1.16 bits per heavy atom. The number of hydrogen-bond donors (Lipinski definition) is 2. The van der Waals surface area contributed by atoms with Crippen LogP contribution in [0.2, 0.25) is 0 Å². The minimum absolute atomic E-state index is 0.579. The first-order valence-electron chi connectivity index (χ1n) is 7.40. The Morgan fingerprint density at radius 2 is 1.84 bits per heavy atom. The van der Waals surface area contributed by atoms with Gasteiger partial charge in [0.15, 0.2) is 5.11 Å². The number of hydrogen-bond acceptors (Lipinski definition) is 1. The Bertz CT molecular complexity index is 411. The van der Waals surface area contributed by atoms with Gasteiger partial charge in [-0.05, 0) is 42.6 Å². The fraction of sp³-hybridized carbons (Fsp3) is 0.562. The molecule has 0 atom stereocenters. The van der Waals surface area contributed by atoms with Gasteiger partial charge in [-0.3, -0.25) is 0 Å². The van der Waals surface area contributed by atoms with Crippen LogP contribution in [0.4, 0.5) is 0 Å². The molecule has 0 bridgehead atoms. The second-order valence-electron chi connectivity index (χ2n) is 5.28. The summed E-state index contributed by atoms with van der Waals surface area (Å²) < 4.78 is 0. The molecule has 1 saturated carbocycles. The molecule has 1 fully saturated rings. The summed E-state index contributed by atoms with van der Waals surface area (Å²) in [4.78, 5) is 0. The molecule has 1 aliphatic carbocycles. The maximum atomic E-state index is 5.39. The van der Waals surface area contributed by atoms with Crippen molar-refractivity contribution in [2.45, 2.75) is 58.0 Å². The van der Waals surface area contributed by atoms with E-state index in [0.29, 0.717) is 6.04 Å². The van der Waals surface area contributed by atoms with E-state index in [2.05, 4.69) is 41.8 Å². The third-order valence-corrected chi connectivity index (χ3v) is 4.14. The predicted octanol–water partition coefficient (Wildman–Crippen LogP) is 3.55. The molecule has 2 nitrogen and oxygen atoms in total. The molecular formula is C16H24N2S. The summed E-state index contributed by atoms with van der Waals surface area (Å²) in [6.45, 7) is 3.01. The molecule has 0 spiro atoms. The van der Waals surface area contributed by atoms with Crippen LogP contribution in [-0.4, -0.2) is 11.2 Å². The summed E-state index contributed by atoms with van der Waals surface area (Å²) in [6, 6.07) is 9.13. The Balaban J connectivity index is 1.79. The molecule has 0 aliphatic heterocycles. The van der Waals surface area contributed by atoms with Crippen LogP contribution < -0.4 is 10.6 Å². The lowest BCUT2D eigenvalue weighted by Gasteiger charge is -2.24. The number of thiocarbonyl (C=S) groups is 1. The summed E-state index contributed by atoms with van der Waals surface area (Å²) in [5, 5.41) is 7.59. The van der Waals surface area contributed by atoms with Gasteiger partial charge in [-0.15, -0.1) is 0 Å². The second-order valence-corrected chi connectivity index (χ2v) is 5.69. The van der Waals surface area contributed by atoms with Gasteiger partial charge in [0.1, 0.15) is 0 Å². The fourth-order valence-corrected chi connectivity index (χ4v) is 2.97. The van der Waals surface area contributed by atoms with E-state index in [1.807, 2.05) is 0 Å². The Labute approximate surface area is 122 Å². The minimum atomic E-state index is 0.579. The normalized spacial score (nSPS) is 16.1. The molecule has 0 radical (unpaired) electrons. The average Bonchev–Trinajstić information content (AvgIpc) is 2.46. The van der Waals surface area contributed by atoms with E-state index in [1.54, 1.807) is 0 Å². The third-order valence-electron chi connectivity index (χ3n) is 3.88. The van der Waals surface area contributed by atoms with Gasteiger partial charge in [-0.1, -0.05) is 50.5 Å². The molecule has 3 heteroatoms. The van der Waals surface area contributed by atoms with Gasteiger partial charge < -0.3 is 10.6 Å². The predicted molar refractivity (Wildman–Crippen MR) is 85.3 cm³/mol. The Morgan fingerprint density at radius 3 is 2.53 bits per heavy atom. The van der Waals surface area contributed by atoms with Gasteiger partial charge in [-0.25, -0.2) is 0 Å². The SMILES string of the molecule is CCc1ccccc1CNC(=S)NC1CCCCC1. The number of rotatable bonds is 4. The topological polar surface area (TPSA) is 24.1 Å². The molecule has 1 aliphatic rings. The van der Waals surface area contributed by atoms with Gasteiger partial charge in [-0.2, -0.15) is 0 Å². The molecule has 0 heterocycles. The Kier molecular flexibility index (Phi) is 5.64. The third kappa shape index (κ3) is 4.50. The van der Waals surface area contributed by atoms with Crippen molar-refractivity contribution in [3.8, 4) is 0 Å². The monoisotopic (exact) mass is 276 g/mol. The molecule has 19 heavy (non-hydrogen) atoms. The molecule has 0 unspecified atom stereocenters. The lowest BCUT2D eigenvalue weighted by Crippen LogP contribution is -2.42. The van der Waals surface area contributed by atoms with E-state index in [-0.39, 0.29) is 0 Å². The number of nitrogens with one attached hydrogen (secondary N) is 2. The van der Waals surface area contributed by atoms with Crippen LogP contribution in [0, 0.1) is 0 Å². The highest BCUT2D eigenvalue weighted by atomic mass is 32.1. The Hall–Kier alpha value is -1.09. The standard InChI is InChI=1S/C16H24N2S/c1-2-13-8-6-7-9-14(13)12-17-16(19)18-15-10-4-3-5-11-15/h6-9,15H,2-5,10-12H2,1H3,(H2,17,18,19). The first-order valence-corrected chi connectivity index (χ1v) is 7.81. The maximum absolute atomic E-state index is 5.39. The summed E-state index contributed by atoms with van der Waals surface area (Å²) in [5.74, 6) is 0. The first-order chi connectivity index (χ1) is 9.29. The zero-order chi connectivity index (χ0) is 13.5. The zero-order valence-electron chi connectivity index (χ0n) is 11.7. The van der Waals surface area contributed by atoms with Crippen molar-refractivity contribution >= 4 is 17.3 Å². The van der Waals surface area contributed by atoms with Crippen LogP contribution in [0.3, 0.4) is 0 Å². The highest BCUT2D eigenvalue weighted by Crippen LogP contribution is 2.17. The van der Waals surface area contributed by atoms with E-state index >= 15 is 0 Å². The summed E-state index contributed by atoms with van der Waals surface area (Å²) in [7, 11) is 0. The smallest absolute Gasteiger partial charge is 0.166 e. The highest BCUT2D eigenvalue weighted by molar-refractivity contribution is 7.80. The van der Waals surface area contributed by atoms with Crippen LogP contribution in [0.1, 0.15) is 50.2 Å². The number of benzene rings is 1. The van der Waals surface area contributed by atoms with E-state index in [9.17, 15) is 0 Å². The maximum Gasteiger partial charge on any atom is 0.166 e. The van der Waals surface area contributed by atoms with Crippen molar-refractivity contribution < 1.29 is 0 Å². The molecule has 0 amide bonds. The van der Waals surface area contributed by atoms with Gasteiger partial charge in [0.05, 0.1) is 0 Å². The molecule has 2 N–H and O–H groups in total. The lowest BCUT2D eigenvalue weighted by atomic mass is 9.96. The van der Waals surface area contributed by atoms with Crippen molar-refractivity contribution in [2.24, 2.45) is 0 Å². The van der Waals surface area contributed by atoms with Gasteiger partial charge >= 0.3 is 0 Å². The fourth-order valence-electron chi connectivity index (χ4n) is 2.73. The van der Waals surface area contributed by atoms with Gasteiger partial charge in [0, 0.05) is 12.6 Å². The van der Waals surface area contributed by atoms with E-state index < -0.39 is 0 Å². The largest absolute Gasteiger partial charge is 0.360 e. The van der Waals surface area contributed by atoms with Crippen LogP contribution in [-0.2, 0) is 13.0 Å². The van der Waals surface area contributed by atoms with Crippen LogP contribution in [0.5, 0.6) is 0 Å². The van der Waals surface area contributed by atoms with Crippen molar-refractivity contribution in [3.63, 3.8) is 0 Å². The second kappa shape index (κ2) is 7.49. The molecule has 2 rings (SSSR count). The van der Waals surface area contributed by atoms with Crippen molar-refractivity contribution in [2.75, 3.05) is 0 Å². The molecular weight excluding hydrogens is 252 g/mol. The van der Waals surface area contributed by atoms with Gasteiger partial charge in [0.25, 0.3) is 0 Å². The van der Waals surface area contributed by atoms with E-state index in [1.165, 1.54) is 43.2 Å². The van der Waals surface area contributed by atoms with Crippen LogP contribution in [0.15, 0.2) is 24.3 Å². The lowest BCUT2D eigenvalue weighted by molar-refractivity contribution is 0.412. The number of aryl methyl sites for hydroxylation is 1. The van der Waals surface area contributed by atoms with Crippen LogP contribution >= 0.6 is 12.2 Å². The van der Waals surface area contributed by atoms with Gasteiger partial charge in [0.2, 0.25) is 0 Å². The van der Waals surface area contributed by atoms with Crippen molar-refractivity contribution in [1.82, 2.24) is 10.6 Å². The summed E-state index contributed by atoms with van der Waals surface area (Å²) in [6.07, 6.45) is 7.63. The van der Waals surface area contributed by atoms with Crippen molar-refractivity contribution in [3.05, 3.63) is 35.4 Å². The highest BCUT2D eigenvalue weighted by Gasteiger charge is 2.13. The average molecular weight is 276 g/mol. The molecule has 0 aromatic heterocycles. The van der Waals surface area contributed by atoms with E-state index in [0.717, 1.165) is 18.1 Å². The summed E-state index contributed by atoms with van der Waals surface area (Å²) >= 11 is 5.39. The van der Waals surface area contributed by atoms with Crippen molar-refractivity contribution in [1.29, 1.82) is 0 Å². The molecule has 0 saturated heterocycles. The van der Waals surface area contributed by atoms with Crippen LogP contribution in [0.25, 0.3) is 0 Å².